The van der Waals surface area contributed by atoms with Crippen molar-refractivity contribution in [1.82, 2.24) is 5.32 Å². The molecule has 104 valence electrons. The maximum absolute atomic E-state index is 11.8. The molecule has 0 radical (unpaired) electrons. The third-order valence-electron chi connectivity index (χ3n) is 4.45. The number of nitrogens with one attached hydrogen (secondary N) is 1. The molecule has 2 fully saturated rings. The van der Waals surface area contributed by atoms with Crippen LogP contribution in [0.15, 0.2) is 0 Å². The Kier molecular flexibility index (Phi) is 5.48. The highest BCUT2D eigenvalue weighted by atomic mass is 16.5. The van der Waals surface area contributed by atoms with E-state index in [2.05, 4.69) is 5.32 Å². The molecule has 2 unspecified atom stereocenters. The van der Waals surface area contributed by atoms with Crippen LogP contribution in [-0.2, 0) is 9.53 Å². The molecule has 0 aromatic heterocycles. The zero-order valence-electron chi connectivity index (χ0n) is 11.6. The molecule has 3 heteroatoms. The van der Waals surface area contributed by atoms with Crippen molar-refractivity contribution in [1.29, 1.82) is 0 Å². The fourth-order valence-electron chi connectivity index (χ4n) is 3.54. The van der Waals surface area contributed by atoms with Crippen LogP contribution in [0.4, 0.5) is 0 Å². The lowest BCUT2D eigenvalue weighted by Gasteiger charge is -2.32. The fraction of sp³-hybridized carbons (Fsp3) is 0.933. The third-order valence-corrected chi connectivity index (χ3v) is 4.45. The molecule has 0 bridgehead atoms. The second kappa shape index (κ2) is 7.13. The highest BCUT2D eigenvalue weighted by Crippen LogP contribution is 2.32. The highest BCUT2D eigenvalue weighted by Gasteiger charge is 2.29. The zero-order chi connectivity index (χ0) is 12.8. The van der Waals surface area contributed by atoms with Gasteiger partial charge in [0.2, 0.25) is 0 Å². The summed E-state index contributed by atoms with van der Waals surface area (Å²) in [7, 11) is 0. The van der Waals surface area contributed by atoms with Crippen LogP contribution >= 0.6 is 0 Å². The zero-order valence-corrected chi connectivity index (χ0v) is 11.6. The van der Waals surface area contributed by atoms with Gasteiger partial charge in [-0.1, -0.05) is 32.1 Å². The molecule has 1 heterocycles. The normalized spacial score (nSPS) is 30.1. The number of hydrogen-bond donors (Lipinski definition) is 1. The summed E-state index contributed by atoms with van der Waals surface area (Å²) in [6, 6.07) is 0. The smallest absolute Gasteiger partial charge is 0.310 e. The van der Waals surface area contributed by atoms with Crippen LogP contribution in [0.3, 0.4) is 0 Å². The summed E-state index contributed by atoms with van der Waals surface area (Å²) in [6.45, 7) is 4.28. The van der Waals surface area contributed by atoms with Crippen molar-refractivity contribution >= 4 is 5.97 Å². The summed E-state index contributed by atoms with van der Waals surface area (Å²) in [6.07, 6.45) is 9.38. The van der Waals surface area contributed by atoms with Gasteiger partial charge in [-0.25, -0.2) is 0 Å². The van der Waals surface area contributed by atoms with Gasteiger partial charge in [-0.3, -0.25) is 4.79 Å². The van der Waals surface area contributed by atoms with E-state index in [-0.39, 0.29) is 11.9 Å². The average molecular weight is 253 g/mol. The second-order valence-electron chi connectivity index (χ2n) is 5.95. The Morgan fingerprint density at radius 2 is 1.94 bits per heavy atom. The average Bonchev–Trinajstić information content (AvgIpc) is 2.40. The lowest BCUT2D eigenvalue weighted by atomic mass is 9.79. The Bertz CT molecular complexity index is 261. The van der Waals surface area contributed by atoms with Gasteiger partial charge in [0.15, 0.2) is 0 Å². The molecule has 0 spiro atoms. The quantitative estimate of drug-likeness (QED) is 0.783. The van der Waals surface area contributed by atoms with Crippen LogP contribution in [-0.4, -0.2) is 25.7 Å². The summed E-state index contributed by atoms with van der Waals surface area (Å²) in [5.41, 5.74) is 0. The van der Waals surface area contributed by atoms with E-state index in [9.17, 15) is 4.79 Å². The van der Waals surface area contributed by atoms with Crippen LogP contribution in [0, 0.1) is 17.8 Å². The summed E-state index contributed by atoms with van der Waals surface area (Å²) in [5, 5.41) is 3.41. The van der Waals surface area contributed by atoms with Gasteiger partial charge in [0.1, 0.15) is 0 Å². The largest absolute Gasteiger partial charge is 0.466 e. The fourth-order valence-corrected chi connectivity index (χ4v) is 3.54. The first-order valence-corrected chi connectivity index (χ1v) is 7.67. The number of rotatable bonds is 4. The van der Waals surface area contributed by atoms with Gasteiger partial charge in [-0.15, -0.1) is 0 Å². The van der Waals surface area contributed by atoms with Gasteiger partial charge < -0.3 is 10.1 Å². The van der Waals surface area contributed by atoms with Crippen molar-refractivity contribution in [3.8, 4) is 0 Å². The SMILES string of the molecule is CCOC(=O)C1CNCC(CC2CCCCC2)C1. The Labute approximate surface area is 111 Å². The second-order valence-corrected chi connectivity index (χ2v) is 5.95. The molecule has 1 aliphatic heterocycles. The molecule has 2 rings (SSSR count). The summed E-state index contributed by atoms with van der Waals surface area (Å²) >= 11 is 0. The van der Waals surface area contributed by atoms with E-state index in [1.807, 2.05) is 6.92 Å². The number of piperidine rings is 1. The maximum Gasteiger partial charge on any atom is 0.310 e. The minimum atomic E-state index is -0.00153. The first kappa shape index (κ1) is 13.9. The minimum absolute atomic E-state index is 0.00153. The number of carbonyl (C=O) groups excluding carboxylic acids is 1. The molecule has 2 aliphatic rings. The van der Waals surface area contributed by atoms with E-state index in [1.165, 1.54) is 38.5 Å². The van der Waals surface area contributed by atoms with Gasteiger partial charge in [0.05, 0.1) is 12.5 Å². The van der Waals surface area contributed by atoms with Gasteiger partial charge in [-0.2, -0.15) is 0 Å². The van der Waals surface area contributed by atoms with Crippen molar-refractivity contribution in [2.24, 2.45) is 17.8 Å². The number of esters is 1. The molecule has 2 atom stereocenters. The molecule has 1 saturated heterocycles. The molecule has 3 nitrogen and oxygen atoms in total. The Morgan fingerprint density at radius 3 is 2.67 bits per heavy atom. The van der Waals surface area contributed by atoms with E-state index in [0.717, 1.165) is 25.4 Å². The van der Waals surface area contributed by atoms with Crippen LogP contribution in [0.25, 0.3) is 0 Å². The van der Waals surface area contributed by atoms with Gasteiger partial charge in [0.25, 0.3) is 0 Å². The predicted octanol–water partition coefficient (Wildman–Crippen LogP) is 2.75. The topological polar surface area (TPSA) is 38.3 Å². The lowest BCUT2D eigenvalue weighted by molar-refractivity contribution is -0.149. The van der Waals surface area contributed by atoms with Gasteiger partial charge in [-0.05, 0) is 38.1 Å². The summed E-state index contributed by atoms with van der Waals surface area (Å²) in [5.74, 6) is 1.67. The molecule has 1 N–H and O–H groups in total. The Balaban J connectivity index is 1.77. The van der Waals surface area contributed by atoms with Gasteiger partial charge >= 0.3 is 5.97 Å². The van der Waals surface area contributed by atoms with Crippen LogP contribution in [0.1, 0.15) is 51.9 Å². The van der Waals surface area contributed by atoms with E-state index in [1.54, 1.807) is 0 Å². The molecule has 18 heavy (non-hydrogen) atoms. The molecular formula is C15H27NO2. The predicted molar refractivity (Wildman–Crippen MR) is 72.3 cm³/mol. The van der Waals surface area contributed by atoms with E-state index in [0.29, 0.717) is 12.5 Å². The van der Waals surface area contributed by atoms with Crippen molar-refractivity contribution in [3.63, 3.8) is 0 Å². The van der Waals surface area contributed by atoms with Crippen LogP contribution in [0.5, 0.6) is 0 Å². The number of hydrogen-bond acceptors (Lipinski definition) is 3. The Hall–Kier alpha value is -0.570. The monoisotopic (exact) mass is 253 g/mol. The standard InChI is InChI=1S/C15H27NO2/c1-2-18-15(17)14-9-13(10-16-11-14)8-12-6-4-3-5-7-12/h12-14,16H,2-11H2,1H3. The number of carbonyl (C=O) groups is 1. The highest BCUT2D eigenvalue weighted by molar-refractivity contribution is 5.72. The number of ether oxygens (including phenoxy) is 1. The van der Waals surface area contributed by atoms with Gasteiger partial charge in [0, 0.05) is 6.54 Å². The Morgan fingerprint density at radius 1 is 1.17 bits per heavy atom. The van der Waals surface area contributed by atoms with Crippen molar-refractivity contribution in [2.75, 3.05) is 19.7 Å². The van der Waals surface area contributed by atoms with E-state index >= 15 is 0 Å². The molecule has 1 aliphatic carbocycles. The van der Waals surface area contributed by atoms with E-state index < -0.39 is 0 Å². The molecule has 1 saturated carbocycles. The first-order chi connectivity index (χ1) is 8.79. The van der Waals surface area contributed by atoms with Crippen molar-refractivity contribution in [3.05, 3.63) is 0 Å². The van der Waals surface area contributed by atoms with Crippen LogP contribution in [0.2, 0.25) is 0 Å². The lowest BCUT2D eigenvalue weighted by Crippen LogP contribution is -2.41. The first-order valence-electron chi connectivity index (χ1n) is 7.67. The third kappa shape index (κ3) is 3.98. The molecule has 0 aromatic carbocycles. The van der Waals surface area contributed by atoms with Crippen LogP contribution < -0.4 is 5.32 Å². The molecule has 0 aromatic rings. The van der Waals surface area contributed by atoms with Crippen molar-refractivity contribution in [2.45, 2.75) is 51.9 Å². The minimum Gasteiger partial charge on any atom is -0.466 e. The molecular weight excluding hydrogens is 226 g/mol. The van der Waals surface area contributed by atoms with Crippen molar-refractivity contribution < 1.29 is 9.53 Å². The summed E-state index contributed by atoms with van der Waals surface area (Å²) in [4.78, 5) is 11.8. The maximum atomic E-state index is 11.8. The summed E-state index contributed by atoms with van der Waals surface area (Å²) < 4.78 is 5.14. The van der Waals surface area contributed by atoms with E-state index in [4.69, 9.17) is 4.74 Å². The molecule has 0 amide bonds.